The second-order valence-electron chi connectivity index (χ2n) is 4.97. The quantitative estimate of drug-likeness (QED) is 0.757. The molecule has 0 spiro atoms. The molecule has 0 aliphatic rings. The van der Waals surface area contributed by atoms with Crippen LogP contribution in [0.3, 0.4) is 0 Å². The van der Waals surface area contributed by atoms with Gasteiger partial charge in [-0.2, -0.15) is 0 Å². The van der Waals surface area contributed by atoms with Crippen LogP contribution in [0.25, 0.3) is 11.1 Å². The first kappa shape index (κ1) is 15.6. The molecule has 0 aliphatic carbocycles. The van der Waals surface area contributed by atoms with Crippen molar-refractivity contribution in [3.05, 3.63) is 68.1 Å². The summed E-state index contributed by atoms with van der Waals surface area (Å²) >= 11 is 11.9. The number of nitrogens with one attached hydrogen (secondary N) is 2. The first-order valence-corrected chi connectivity index (χ1v) is 7.63. The number of rotatable bonds is 4. The Kier molecular flexibility index (Phi) is 4.41. The van der Waals surface area contributed by atoms with Gasteiger partial charge in [0.1, 0.15) is 0 Å². The fraction of sp³-hybridized carbons (Fsp3) is 0.125. The average molecular weight is 351 g/mol. The van der Waals surface area contributed by atoms with Gasteiger partial charge in [0.15, 0.2) is 5.58 Å². The molecule has 1 heterocycles. The zero-order valence-corrected chi connectivity index (χ0v) is 13.4. The summed E-state index contributed by atoms with van der Waals surface area (Å²) in [6, 6.07) is 10.0. The van der Waals surface area contributed by atoms with E-state index < -0.39 is 5.76 Å². The van der Waals surface area contributed by atoms with Crippen molar-refractivity contribution in [3.63, 3.8) is 0 Å². The van der Waals surface area contributed by atoms with E-state index >= 15 is 0 Å². The SMILES string of the molecule is O=C(NCCc1ccc(Cl)cc1Cl)c1ccc2oc(=O)[nH]c2c1. The molecule has 3 rings (SSSR count). The second-order valence-corrected chi connectivity index (χ2v) is 5.81. The highest BCUT2D eigenvalue weighted by atomic mass is 35.5. The molecule has 3 aromatic rings. The van der Waals surface area contributed by atoms with Crippen LogP contribution in [0.4, 0.5) is 0 Å². The van der Waals surface area contributed by atoms with Gasteiger partial charge in [0.25, 0.3) is 5.91 Å². The molecule has 2 N–H and O–H groups in total. The van der Waals surface area contributed by atoms with Gasteiger partial charge in [-0.15, -0.1) is 0 Å². The minimum absolute atomic E-state index is 0.237. The standard InChI is InChI=1S/C16H12Cl2N2O3/c17-11-3-1-9(12(18)8-11)5-6-19-15(21)10-2-4-14-13(7-10)20-16(22)23-14/h1-4,7-8H,5-6H2,(H,19,21)(H,20,22). The molecule has 0 fully saturated rings. The maximum absolute atomic E-state index is 12.1. The summed E-state index contributed by atoms with van der Waals surface area (Å²) in [6.07, 6.45) is 0.590. The van der Waals surface area contributed by atoms with Gasteiger partial charge in [0.2, 0.25) is 0 Å². The number of benzene rings is 2. The van der Waals surface area contributed by atoms with Crippen LogP contribution in [0, 0.1) is 0 Å². The minimum Gasteiger partial charge on any atom is -0.408 e. The van der Waals surface area contributed by atoms with Gasteiger partial charge in [0.05, 0.1) is 5.52 Å². The Bertz CT molecular complexity index is 930. The highest BCUT2D eigenvalue weighted by Crippen LogP contribution is 2.21. The number of amides is 1. The third-order valence-electron chi connectivity index (χ3n) is 3.38. The fourth-order valence-corrected chi connectivity index (χ4v) is 2.73. The number of halogens is 2. The number of aromatic amines is 1. The summed E-state index contributed by atoms with van der Waals surface area (Å²) in [6.45, 7) is 0.431. The van der Waals surface area contributed by atoms with E-state index in [1.54, 1.807) is 30.3 Å². The summed E-state index contributed by atoms with van der Waals surface area (Å²) < 4.78 is 4.90. The van der Waals surface area contributed by atoms with Gasteiger partial charge in [-0.3, -0.25) is 9.78 Å². The maximum atomic E-state index is 12.1. The van der Waals surface area contributed by atoms with E-state index in [0.29, 0.717) is 39.7 Å². The molecule has 5 nitrogen and oxygen atoms in total. The third-order valence-corrected chi connectivity index (χ3v) is 3.96. The van der Waals surface area contributed by atoms with Crippen LogP contribution < -0.4 is 11.1 Å². The first-order chi connectivity index (χ1) is 11.0. The predicted octanol–water partition coefficient (Wildman–Crippen LogP) is 3.40. The summed E-state index contributed by atoms with van der Waals surface area (Å²) in [7, 11) is 0. The number of fused-ring (bicyclic) bond motifs is 1. The third kappa shape index (κ3) is 3.57. The summed E-state index contributed by atoms with van der Waals surface area (Å²) in [5.74, 6) is -0.783. The Hall–Kier alpha value is -2.24. The van der Waals surface area contributed by atoms with Crippen molar-refractivity contribution in [3.8, 4) is 0 Å². The predicted molar refractivity (Wildman–Crippen MR) is 89.3 cm³/mol. The number of hydrogen-bond acceptors (Lipinski definition) is 3. The molecule has 118 valence electrons. The molecule has 1 amide bonds. The molecule has 0 saturated heterocycles. The lowest BCUT2D eigenvalue weighted by atomic mass is 10.1. The topological polar surface area (TPSA) is 75.1 Å². The van der Waals surface area contributed by atoms with Crippen LogP contribution in [0.1, 0.15) is 15.9 Å². The summed E-state index contributed by atoms with van der Waals surface area (Å²) in [5, 5.41) is 3.96. The molecule has 0 unspecified atom stereocenters. The molecular weight excluding hydrogens is 339 g/mol. The molecule has 2 aromatic carbocycles. The van der Waals surface area contributed by atoms with Crippen LogP contribution in [0.5, 0.6) is 0 Å². The smallest absolute Gasteiger partial charge is 0.408 e. The van der Waals surface area contributed by atoms with Crippen molar-refractivity contribution in [2.75, 3.05) is 6.54 Å². The number of hydrogen-bond donors (Lipinski definition) is 2. The Labute approximate surface area is 141 Å². The van der Waals surface area contributed by atoms with Crippen molar-refractivity contribution in [1.82, 2.24) is 10.3 Å². The van der Waals surface area contributed by atoms with Gasteiger partial charge in [0, 0.05) is 22.2 Å². The van der Waals surface area contributed by atoms with Gasteiger partial charge < -0.3 is 9.73 Å². The van der Waals surface area contributed by atoms with E-state index in [2.05, 4.69) is 10.3 Å². The Morgan fingerprint density at radius 2 is 2.00 bits per heavy atom. The van der Waals surface area contributed by atoms with Gasteiger partial charge in [-0.05, 0) is 42.3 Å². The molecule has 0 radical (unpaired) electrons. The molecule has 0 atom stereocenters. The van der Waals surface area contributed by atoms with E-state index in [9.17, 15) is 9.59 Å². The van der Waals surface area contributed by atoms with Crippen molar-refractivity contribution in [2.45, 2.75) is 6.42 Å². The van der Waals surface area contributed by atoms with Gasteiger partial charge >= 0.3 is 5.76 Å². The number of carbonyl (C=O) groups is 1. The number of oxazole rings is 1. The zero-order valence-electron chi connectivity index (χ0n) is 11.9. The maximum Gasteiger partial charge on any atom is 0.417 e. The van der Waals surface area contributed by atoms with Crippen molar-refractivity contribution in [1.29, 1.82) is 0 Å². The minimum atomic E-state index is -0.546. The van der Waals surface area contributed by atoms with Crippen molar-refractivity contribution in [2.24, 2.45) is 0 Å². The summed E-state index contributed by atoms with van der Waals surface area (Å²) in [4.78, 5) is 25.8. The monoisotopic (exact) mass is 350 g/mol. The number of aromatic nitrogens is 1. The number of carbonyl (C=O) groups excluding carboxylic acids is 1. The van der Waals surface area contributed by atoms with E-state index in [-0.39, 0.29) is 5.91 Å². The van der Waals surface area contributed by atoms with Crippen LogP contribution in [-0.2, 0) is 6.42 Å². The lowest BCUT2D eigenvalue weighted by Gasteiger charge is -2.07. The molecule has 0 aliphatic heterocycles. The lowest BCUT2D eigenvalue weighted by Crippen LogP contribution is -2.25. The molecule has 0 bridgehead atoms. The first-order valence-electron chi connectivity index (χ1n) is 6.88. The fourth-order valence-electron chi connectivity index (χ4n) is 2.23. The van der Waals surface area contributed by atoms with Crippen molar-refractivity contribution >= 4 is 40.2 Å². The average Bonchev–Trinajstić information content (AvgIpc) is 2.88. The van der Waals surface area contributed by atoms with E-state index in [1.807, 2.05) is 6.07 Å². The molecule has 0 saturated carbocycles. The highest BCUT2D eigenvalue weighted by molar-refractivity contribution is 6.35. The molecule has 7 heteroatoms. The van der Waals surface area contributed by atoms with Crippen LogP contribution in [0.15, 0.2) is 45.6 Å². The summed E-state index contributed by atoms with van der Waals surface area (Å²) in [5.41, 5.74) is 2.26. The lowest BCUT2D eigenvalue weighted by molar-refractivity contribution is 0.0954. The van der Waals surface area contributed by atoms with Gasteiger partial charge in [-0.1, -0.05) is 29.3 Å². The molecular formula is C16H12Cl2N2O3. The van der Waals surface area contributed by atoms with Crippen LogP contribution >= 0.6 is 23.2 Å². The Morgan fingerprint density at radius 1 is 1.17 bits per heavy atom. The normalized spacial score (nSPS) is 10.9. The zero-order chi connectivity index (χ0) is 16.4. The highest BCUT2D eigenvalue weighted by Gasteiger charge is 2.09. The largest absolute Gasteiger partial charge is 0.417 e. The molecule has 23 heavy (non-hydrogen) atoms. The van der Waals surface area contributed by atoms with Crippen LogP contribution in [0.2, 0.25) is 10.0 Å². The Balaban J connectivity index is 1.65. The van der Waals surface area contributed by atoms with E-state index in [4.69, 9.17) is 27.6 Å². The van der Waals surface area contributed by atoms with Crippen LogP contribution in [-0.4, -0.2) is 17.4 Å². The van der Waals surface area contributed by atoms with E-state index in [1.165, 1.54) is 0 Å². The van der Waals surface area contributed by atoms with E-state index in [0.717, 1.165) is 5.56 Å². The Morgan fingerprint density at radius 3 is 2.78 bits per heavy atom. The molecule has 1 aromatic heterocycles. The second kappa shape index (κ2) is 6.48. The van der Waals surface area contributed by atoms with Crippen molar-refractivity contribution < 1.29 is 9.21 Å². The van der Waals surface area contributed by atoms with Gasteiger partial charge in [-0.25, -0.2) is 4.79 Å². The number of H-pyrrole nitrogens is 1.